The number of rotatable bonds is 5. The summed E-state index contributed by atoms with van der Waals surface area (Å²) in [6.07, 6.45) is 2.47. The molecule has 0 fully saturated rings. The average molecular weight is 225 g/mol. The van der Waals surface area contributed by atoms with Crippen LogP contribution in [0, 0.1) is 0 Å². The predicted molar refractivity (Wildman–Crippen MR) is 56.8 cm³/mol. The van der Waals surface area contributed by atoms with E-state index in [-0.39, 0.29) is 12.3 Å². The molecule has 0 saturated heterocycles. The molecule has 0 aromatic carbocycles. The fourth-order valence-corrected chi connectivity index (χ4v) is 1.26. The monoisotopic (exact) mass is 225 g/mol. The maximum Gasteiger partial charge on any atom is 0.325 e. The molecule has 0 aliphatic rings. The van der Waals surface area contributed by atoms with Crippen LogP contribution in [0.15, 0.2) is 12.3 Å². The molecule has 2 N–H and O–H groups in total. The molecule has 16 heavy (non-hydrogen) atoms. The van der Waals surface area contributed by atoms with Crippen molar-refractivity contribution < 1.29 is 14.7 Å². The highest BCUT2D eigenvalue weighted by atomic mass is 16.4. The number of hydrogen-bond donors (Lipinski definition) is 2. The summed E-state index contributed by atoms with van der Waals surface area (Å²) in [5, 5.41) is 15.0. The average Bonchev–Trinajstić information content (AvgIpc) is 2.61. The van der Waals surface area contributed by atoms with E-state index in [0.717, 1.165) is 5.69 Å². The number of hydrogen-bond acceptors (Lipinski definition) is 3. The third kappa shape index (κ3) is 3.38. The van der Waals surface area contributed by atoms with Crippen molar-refractivity contribution in [1.82, 2.24) is 15.1 Å². The topological polar surface area (TPSA) is 84.2 Å². The third-order valence-corrected chi connectivity index (χ3v) is 2.28. The Morgan fingerprint density at radius 1 is 1.62 bits per heavy atom. The number of aliphatic carboxylic acids is 1. The van der Waals surface area contributed by atoms with E-state index < -0.39 is 12.0 Å². The molecule has 1 amide bonds. The summed E-state index contributed by atoms with van der Waals surface area (Å²) in [7, 11) is 1.80. The largest absolute Gasteiger partial charge is 0.480 e. The van der Waals surface area contributed by atoms with Crippen LogP contribution in [0.1, 0.15) is 19.0 Å². The number of amides is 1. The second kappa shape index (κ2) is 5.29. The second-order valence-electron chi connectivity index (χ2n) is 3.57. The number of aryl methyl sites for hydroxylation is 2. The number of carbonyl (C=O) groups is 2. The van der Waals surface area contributed by atoms with Gasteiger partial charge >= 0.3 is 5.97 Å². The lowest BCUT2D eigenvalue weighted by molar-refractivity contribution is -0.141. The van der Waals surface area contributed by atoms with E-state index in [2.05, 4.69) is 10.4 Å². The van der Waals surface area contributed by atoms with Gasteiger partial charge in [-0.25, -0.2) is 0 Å². The molecule has 6 heteroatoms. The number of carbonyl (C=O) groups excluding carboxylic acids is 1. The summed E-state index contributed by atoms with van der Waals surface area (Å²) >= 11 is 0. The van der Waals surface area contributed by atoms with E-state index in [0.29, 0.717) is 6.42 Å². The Morgan fingerprint density at radius 2 is 2.31 bits per heavy atom. The van der Waals surface area contributed by atoms with E-state index in [1.807, 2.05) is 6.07 Å². The highest BCUT2D eigenvalue weighted by molar-refractivity contribution is 5.83. The van der Waals surface area contributed by atoms with Crippen LogP contribution in [0.25, 0.3) is 0 Å². The SMILES string of the molecule is C[C@@H](NC(=O)CCc1ccnn1C)C(=O)O. The standard InChI is InChI=1S/C10H15N3O3/c1-7(10(15)16)12-9(14)4-3-8-5-6-11-13(8)2/h5-7H,3-4H2,1-2H3,(H,12,14)(H,15,16)/t7-/m1/s1. The maximum absolute atomic E-state index is 11.4. The number of carboxylic acid groups (broad SMARTS) is 1. The normalized spacial score (nSPS) is 12.1. The van der Waals surface area contributed by atoms with Crippen LogP contribution < -0.4 is 5.32 Å². The number of carboxylic acids is 1. The minimum atomic E-state index is -1.03. The molecule has 88 valence electrons. The molecule has 1 rings (SSSR count). The molecule has 0 unspecified atom stereocenters. The van der Waals surface area contributed by atoms with Crippen molar-refractivity contribution in [3.63, 3.8) is 0 Å². The quantitative estimate of drug-likeness (QED) is 0.735. The summed E-state index contributed by atoms with van der Waals surface area (Å²) < 4.78 is 1.69. The van der Waals surface area contributed by atoms with Gasteiger partial charge in [-0.15, -0.1) is 0 Å². The Morgan fingerprint density at radius 3 is 2.81 bits per heavy atom. The van der Waals surface area contributed by atoms with Crippen molar-refractivity contribution >= 4 is 11.9 Å². The van der Waals surface area contributed by atoms with E-state index in [4.69, 9.17) is 5.11 Å². The van der Waals surface area contributed by atoms with E-state index in [9.17, 15) is 9.59 Å². The van der Waals surface area contributed by atoms with Crippen LogP contribution in [0.3, 0.4) is 0 Å². The van der Waals surface area contributed by atoms with Crippen molar-refractivity contribution in [3.8, 4) is 0 Å². The molecule has 0 saturated carbocycles. The van der Waals surface area contributed by atoms with Gasteiger partial charge in [0.1, 0.15) is 6.04 Å². The van der Waals surface area contributed by atoms with Gasteiger partial charge in [-0.3, -0.25) is 14.3 Å². The van der Waals surface area contributed by atoms with Crippen molar-refractivity contribution in [3.05, 3.63) is 18.0 Å². The minimum absolute atomic E-state index is 0.261. The van der Waals surface area contributed by atoms with Crippen molar-refractivity contribution in [2.24, 2.45) is 7.05 Å². The van der Waals surface area contributed by atoms with Crippen molar-refractivity contribution in [2.75, 3.05) is 0 Å². The zero-order chi connectivity index (χ0) is 12.1. The van der Waals surface area contributed by atoms with Crippen molar-refractivity contribution in [2.45, 2.75) is 25.8 Å². The molecule has 0 spiro atoms. The van der Waals surface area contributed by atoms with Crippen molar-refractivity contribution in [1.29, 1.82) is 0 Å². The summed E-state index contributed by atoms with van der Waals surface area (Å²) in [4.78, 5) is 21.9. The van der Waals surface area contributed by atoms with Gasteiger partial charge in [0.2, 0.25) is 5.91 Å². The number of nitrogens with one attached hydrogen (secondary N) is 1. The maximum atomic E-state index is 11.4. The number of nitrogens with zero attached hydrogens (tertiary/aromatic N) is 2. The summed E-state index contributed by atoms with van der Waals surface area (Å²) in [6.45, 7) is 1.43. The van der Waals surface area contributed by atoms with E-state index >= 15 is 0 Å². The van der Waals surface area contributed by atoms with Crippen LogP contribution in [-0.2, 0) is 23.1 Å². The number of aromatic nitrogens is 2. The van der Waals surface area contributed by atoms with E-state index in [1.165, 1.54) is 6.92 Å². The van der Waals surface area contributed by atoms with Crippen LogP contribution >= 0.6 is 0 Å². The molecule has 0 bridgehead atoms. The zero-order valence-corrected chi connectivity index (χ0v) is 9.30. The fraction of sp³-hybridized carbons (Fsp3) is 0.500. The first kappa shape index (κ1) is 12.2. The summed E-state index contributed by atoms with van der Waals surface area (Å²) in [6, 6.07) is 0.979. The molecule has 1 aromatic heterocycles. The molecule has 0 aliphatic heterocycles. The Hall–Kier alpha value is -1.85. The van der Waals surface area contributed by atoms with Gasteiger partial charge in [-0.05, 0) is 19.4 Å². The summed E-state index contributed by atoms with van der Waals surface area (Å²) in [5.41, 5.74) is 0.943. The molecular formula is C10H15N3O3. The summed E-state index contributed by atoms with van der Waals surface area (Å²) in [5.74, 6) is -1.30. The van der Waals surface area contributed by atoms with Gasteiger partial charge in [0.05, 0.1) is 0 Å². The molecule has 0 aliphatic carbocycles. The van der Waals surface area contributed by atoms with Crippen LogP contribution in [0.2, 0.25) is 0 Å². The highest BCUT2D eigenvalue weighted by Gasteiger charge is 2.13. The first-order valence-electron chi connectivity index (χ1n) is 4.99. The molecule has 0 radical (unpaired) electrons. The Balaban J connectivity index is 2.36. The second-order valence-corrected chi connectivity index (χ2v) is 3.57. The van der Waals surface area contributed by atoms with Gasteiger partial charge in [-0.1, -0.05) is 0 Å². The highest BCUT2D eigenvalue weighted by Crippen LogP contribution is 2.00. The van der Waals surface area contributed by atoms with Crippen LogP contribution in [0.5, 0.6) is 0 Å². The molecule has 6 nitrogen and oxygen atoms in total. The fourth-order valence-electron chi connectivity index (χ4n) is 1.26. The minimum Gasteiger partial charge on any atom is -0.480 e. The Kier molecular flexibility index (Phi) is 4.04. The smallest absolute Gasteiger partial charge is 0.325 e. The van der Waals surface area contributed by atoms with Gasteiger partial charge in [0, 0.05) is 25.4 Å². The van der Waals surface area contributed by atoms with Crippen LogP contribution in [0.4, 0.5) is 0 Å². The Labute approximate surface area is 93.3 Å². The zero-order valence-electron chi connectivity index (χ0n) is 9.30. The lowest BCUT2D eigenvalue weighted by atomic mass is 10.2. The van der Waals surface area contributed by atoms with E-state index in [1.54, 1.807) is 17.9 Å². The van der Waals surface area contributed by atoms with Gasteiger partial charge < -0.3 is 10.4 Å². The Bertz CT molecular complexity index is 386. The predicted octanol–water partition coefficient (Wildman–Crippen LogP) is -0.0580. The molecule has 1 heterocycles. The van der Waals surface area contributed by atoms with Gasteiger partial charge in [0.15, 0.2) is 0 Å². The third-order valence-electron chi connectivity index (χ3n) is 2.28. The first-order chi connectivity index (χ1) is 7.50. The van der Waals surface area contributed by atoms with Crippen LogP contribution in [-0.4, -0.2) is 32.8 Å². The van der Waals surface area contributed by atoms with Gasteiger partial charge in [0.25, 0.3) is 0 Å². The molecule has 1 aromatic rings. The first-order valence-corrected chi connectivity index (χ1v) is 4.99. The van der Waals surface area contributed by atoms with Gasteiger partial charge in [-0.2, -0.15) is 5.10 Å². The molecule has 1 atom stereocenters. The lowest BCUT2D eigenvalue weighted by Gasteiger charge is -2.08. The molecular weight excluding hydrogens is 210 g/mol. The lowest BCUT2D eigenvalue weighted by Crippen LogP contribution is -2.38.